The second-order valence-corrected chi connectivity index (χ2v) is 14.8. The number of rotatable bonds is 12. The fourth-order valence-electron chi connectivity index (χ4n) is 6.37. The molecule has 0 N–H and O–H groups in total. The summed E-state index contributed by atoms with van der Waals surface area (Å²) in [6.45, 7) is 7.11. The third kappa shape index (κ3) is 9.41. The number of benzene rings is 4. The summed E-state index contributed by atoms with van der Waals surface area (Å²) in [5.74, 6) is 0.946. The van der Waals surface area contributed by atoms with Gasteiger partial charge in [-0.3, -0.25) is 4.99 Å². The molecule has 2 heterocycles. The van der Waals surface area contributed by atoms with Crippen LogP contribution in [0.2, 0.25) is 0 Å². The molecule has 6 heteroatoms. The Bertz CT molecular complexity index is 2420. The number of nitrogens with zero attached hydrogens (tertiary/aromatic N) is 3. The Morgan fingerprint density at radius 1 is 0.927 bits per heavy atom. The summed E-state index contributed by atoms with van der Waals surface area (Å²) in [4.78, 5) is 13.1. The molecule has 0 unspecified atom stereocenters. The van der Waals surface area contributed by atoms with Crippen molar-refractivity contribution in [3.05, 3.63) is 204 Å². The standard InChI is InChI=1S/C49H43N3OS2/c1-4-14-37(35-50-44-21-6-9-24-47(44)54-3)16-13-33-52(41-19-12-18-40(28-31-41)49-51-45-22-7-10-25-48(45)55-49)42-29-26-38(27-30-42)36(2)15-11-17-39-32-34-53-46-23-8-5-20-43(39)46/h4-17,19-31,33,35H,2,18,32,34H2,1,3H3/b14-4-,15-11-,33-13+,37-16+,39-17+,50-35+. The van der Waals surface area contributed by atoms with Gasteiger partial charge in [0.05, 0.1) is 22.5 Å². The van der Waals surface area contributed by atoms with Gasteiger partial charge in [0, 0.05) is 40.7 Å². The Morgan fingerprint density at radius 2 is 1.75 bits per heavy atom. The molecule has 4 aromatic carbocycles. The minimum absolute atomic E-state index is 0.696. The maximum absolute atomic E-state index is 5.83. The van der Waals surface area contributed by atoms with Crippen molar-refractivity contribution >= 4 is 67.6 Å². The van der Waals surface area contributed by atoms with Crippen LogP contribution in [0.3, 0.4) is 0 Å². The summed E-state index contributed by atoms with van der Waals surface area (Å²) < 4.78 is 7.03. The molecule has 0 bridgehead atoms. The van der Waals surface area contributed by atoms with Crippen LogP contribution in [0.5, 0.6) is 5.75 Å². The van der Waals surface area contributed by atoms with Crippen LogP contribution in [-0.4, -0.2) is 24.1 Å². The van der Waals surface area contributed by atoms with E-state index in [0.717, 1.165) is 73.4 Å². The minimum Gasteiger partial charge on any atom is -0.493 e. The summed E-state index contributed by atoms with van der Waals surface area (Å²) >= 11 is 3.44. The molecular weight excluding hydrogens is 711 g/mol. The molecular formula is C49H43N3OS2. The highest BCUT2D eigenvalue weighted by molar-refractivity contribution is 7.98. The van der Waals surface area contributed by atoms with Gasteiger partial charge < -0.3 is 9.64 Å². The molecule has 0 spiro atoms. The molecule has 0 saturated heterocycles. The van der Waals surface area contributed by atoms with Crippen molar-refractivity contribution in [1.82, 2.24) is 4.98 Å². The maximum atomic E-state index is 5.83. The zero-order chi connectivity index (χ0) is 37.8. The van der Waals surface area contributed by atoms with Crippen LogP contribution in [0.4, 0.5) is 11.4 Å². The number of hydrogen-bond donors (Lipinski definition) is 0. The molecule has 0 radical (unpaired) electrons. The zero-order valence-corrected chi connectivity index (χ0v) is 32.8. The largest absolute Gasteiger partial charge is 0.493 e. The van der Waals surface area contributed by atoms with Crippen LogP contribution in [0.15, 0.2) is 198 Å². The van der Waals surface area contributed by atoms with Crippen molar-refractivity contribution in [3.63, 3.8) is 0 Å². The lowest BCUT2D eigenvalue weighted by atomic mass is 9.99. The molecule has 4 nitrogen and oxygen atoms in total. The summed E-state index contributed by atoms with van der Waals surface area (Å²) in [5, 5.41) is 1.05. The predicted octanol–water partition coefficient (Wildman–Crippen LogP) is 13.6. The molecule has 0 saturated carbocycles. The molecule has 0 amide bonds. The van der Waals surface area contributed by atoms with Gasteiger partial charge in [0.25, 0.3) is 0 Å². The SMILES string of the molecule is C=C(/C=C\C=C1/CCOc2ccccc21)c1ccc(N(/C=C/C=C(\C=C/C)/C=N/c2ccccc2SC)C2=CC=C(c3nc4ccccc4s3)CC=C2)cc1. The second kappa shape index (κ2) is 18.4. The Hall–Kier alpha value is -5.95. The monoisotopic (exact) mass is 753 g/mol. The van der Waals surface area contributed by atoms with Crippen LogP contribution in [0.25, 0.3) is 26.9 Å². The molecule has 7 rings (SSSR count). The molecule has 1 aromatic heterocycles. The van der Waals surface area contributed by atoms with Crippen LogP contribution >= 0.6 is 23.1 Å². The van der Waals surface area contributed by atoms with Crippen molar-refractivity contribution in [2.45, 2.75) is 24.7 Å². The number of allylic oxidation sites excluding steroid dienone is 14. The first-order valence-electron chi connectivity index (χ1n) is 18.4. The summed E-state index contributed by atoms with van der Waals surface area (Å²) in [6.07, 6.45) is 31.2. The smallest absolute Gasteiger partial charge is 0.126 e. The molecule has 272 valence electrons. The van der Waals surface area contributed by atoms with E-state index in [2.05, 4.69) is 145 Å². The third-order valence-electron chi connectivity index (χ3n) is 9.22. The highest BCUT2D eigenvalue weighted by Crippen LogP contribution is 2.34. The van der Waals surface area contributed by atoms with Gasteiger partial charge in [-0.1, -0.05) is 110 Å². The predicted molar refractivity (Wildman–Crippen MR) is 239 cm³/mol. The first-order chi connectivity index (χ1) is 27.1. The van der Waals surface area contributed by atoms with Gasteiger partial charge in [0.2, 0.25) is 0 Å². The average molecular weight is 754 g/mol. The summed E-state index contributed by atoms with van der Waals surface area (Å²) in [7, 11) is 0. The van der Waals surface area contributed by atoms with Gasteiger partial charge in [-0.25, -0.2) is 4.98 Å². The quantitative estimate of drug-likeness (QED) is 0.0722. The first-order valence-corrected chi connectivity index (χ1v) is 20.4. The highest BCUT2D eigenvalue weighted by Gasteiger charge is 2.14. The van der Waals surface area contributed by atoms with Gasteiger partial charge in [0.15, 0.2) is 0 Å². The third-order valence-corrected chi connectivity index (χ3v) is 11.1. The molecule has 1 aliphatic heterocycles. The zero-order valence-electron chi connectivity index (χ0n) is 31.1. The Balaban J connectivity index is 1.16. The number of anilines is 1. The molecule has 0 fully saturated rings. The molecule has 2 aliphatic rings. The topological polar surface area (TPSA) is 37.7 Å². The molecule has 55 heavy (non-hydrogen) atoms. The number of hydrogen-bond acceptors (Lipinski definition) is 6. The van der Waals surface area contributed by atoms with E-state index in [1.54, 1.807) is 23.1 Å². The van der Waals surface area contributed by atoms with Gasteiger partial charge in [-0.05, 0) is 108 Å². The van der Waals surface area contributed by atoms with E-state index in [0.29, 0.717) is 6.61 Å². The Labute approximate surface area is 333 Å². The van der Waals surface area contributed by atoms with Crippen molar-refractivity contribution in [1.29, 1.82) is 0 Å². The highest BCUT2D eigenvalue weighted by atomic mass is 32.2. The van der Waals surface area contributed by atoms with Crippen molar-refractivity contribution in [3.8, 4) is 5.75 Å². The van der Waals surface area contributed by atoms with Gasteiger partial charge in [-0.2, -0.15) is 0 Å². The molecule has 1 aliphatic carbocycles. The Morgan fingerprint density at radius 3 is 2.60 bits per heavy atom. The molecule has 5 aromatic rings. The number of aliphatic imine (C=N–C) groups is 1. The van der Waals surface area contributed by atoms with Gasteiger partial charge >= 0.3 is 0 Å². The van der Waals surface area contributed by atoms with E-state index < -0.39 is 0 Å². The van der Waals surface area contributed by atoms with Crippen molar-refractivity contribution in [2.24, 2.45) is 4.99 Å². The van der Waals surface area contributed by atoms with E-state index in [4.69, 9.17) is 14.7 Å². The van der Waals surface area contributed by atoms with E-state index >= 15 is 0 Å². The van der Waals surface area contributed by atoms with Crippen molar-refractivity contribution in [2.75, 3.05) is 17.8 Å². The van der Waals surface area contributed by atoms with Gasteiger partial charge in [0.1, 0.15) is 10.8 Å². The van der Waals surface area contributed by atoms with E-state index in [-0.39, 0.29) is 0 Å². The minimum atomic E-state index is 0.696. The van der Waals surface area contributed by atoms with Gasteiger partial charge in [-0.15, -0.1) is 23.1 Å². The Kier molecular flexibility index (Phi) is 12.5. The number of aromatic nitrogens is 1. The number of ether oxygens (including phenoxy) is 1. The second-order valence-electron chi connectivity index (χ2n) is 12.9. The van der Waals surface area contributed by atoms with E-state index in [1.165, 1.54) is 15.8 Å². The summed E-state index contributed by atoms with van der Waals surface area (Å²) in [6, 6.07) is 33.3. The number of thiazole rings is 1. The number of fused-ring (bicyclic) bond motifs is 2. The molecule has 0 atom stereocenters. The fraction of sp³-hybridized carbons (Fsp3) is 0.102. The van der Waals surface area contributed by atoms with Crippen LogP contribution in [-0.2, 0) is 0 Å². The number of thioether (sulfide) groups is 1. The normalized spacial score (nSPS) is 15.5. The average Bonchev–Trinajstić information content (AvgIpc) is 3.52. The lowest BCUT2D eigenvalue weighted by Gasteiger charge is -2.22. The fourth-order valence-corrected chi connectivity index (χ4v) is 7.91. The van der Waals surface area contributed by atoms with Crippen molar-refractivity contribution < 1.29 is 4.74 Å². The van der Waals surface area contributed by atoms with Crippen LogP contribution in [0, 0.1) is 0 Å². The van der Waals surface area contributed by atoms with E-state index in [9.17, 15) is 0 Å². The maximum Gasteiger partial charge on any atom is 0.126 e. The van der Waals surface area contributed by atoms with Crippen LogP contribution < -0.4 is 9.64 Å². The first kappa shape index (κ1) is 37.4. The summed E-state index contributed by atoms with van der Waals surface area (Å²) in [5.41, 5.74) is 10.7. The van der Waals surface area contributed by atoms with Crippen LogP contribution in [0.1, 0.15) is 35.9 Å². The lowest BCUT2D eigenvalue weighted by Crippen LogP contribution is -2.13. The lowest BCUT2D eigenvalue weighted by molar-refractivity contribution is 0.316. The number of para-hydroxylation sites is 3. The van der Waals surface area contributed by atoms with E-state index in [1.807, 2.05) is 55.6 Å².